The lowest BCUT2D eigenvalue weighted by Gasteiger charge is -2.10. The summed E-state index contributed by atoms with van der Waals surface area (Å²) < 4.78 is 6.27. The van der Waals surface area contributed by atoms with Crippen LogP contribution in [0.4, 0.5) is 5.69 Å². The fourth-order valence-electron chi connectivity index (χ4n) is 2.06. The van der Waals surface area contributed by atoms with Crippen LogP contribution in [-0.2, 0) is 4.79 Å². The minimum absolute atomic E-state index is 0.160. The van der Waals surface area contributed by atoms with E-state index in [2.05, 4.69) is 15.5 Å². The van der Waals surface area contributed by atoms with Crippen LogP contribution in [0, 0.1) is 0 Å². The summed E-state index contributed by atoms with van der Waals surface area (Å²) >= 11 is 2.69. The number of anilines is 1. The molecule has 0 aliphatic heterocycles. The number of carbonyl (C=O) groups excluding carboxylic acids is 2. The number of ketones is 1. The average molecular weight is 347 g/mol. The van der Waals surface area contributed by atoms with Crippen LogP contribution in [0.5, 0.6) is 0 Å². The number of furan rings is 1. The Morgan fingerprint density at radius 3 is 2.83 bits per heavy atom. The highest BCUT2D eigenvalue weighted by atomic mass is 32.2. The monoisotopic (exact) mass is 347 g/mol. The molecule has 23 heavy (non-hydrogen) atoms. The number of para-hydroxylation sites is 1. The highest BCUT2D eigenvalue weighted by Gasteiger charge is 2.23. The minimum Gasteiger partial charge on any atom is -0.451 e. The third-order valence-electron chi connectivity index (χ3n) is 3.15. The highest BCUT2D eigenvalue weighted by Crippen LogP contribution is 2.32. The lowest BCUT2D eigenvalue weighted by atomic mass is 10.2. The summed E-state index contributed by atoms with van der Waals surface area (Å²) in [6.45, 7) is 3.18. The molecule has 6 nitrogen and oxygen atoms in total. The molecule has 3 aromatic rings. The molecule has 0 aliphatic rings. The predicted molar refractivity (Wildman–Crippen MR) is 90.1 cm³/mol. The van der Waals surface area contributed by atoms with Gasteiger partial charge in [-0.3, -0.25) is 9.59 Å². The van der Waals surface area contributed by atoms with Crippen molar-refractivity contribution in [1.29, 1.82) is 0 Å². The molecule has 2 heterocycles. The first-order valence-electron chi connectivity index (χ1n) is 6.82. The van der Waals surface area contributed by atoms with E-state index in [1.165, 1.54) is 30.0 Å². The van der Waals surface area contributed by atoms with Crippen LogP contribution < -0.4 is 5.32 Å². The van der Waals surface area contributed by atoms with Gasteiger partial charge in [-0.05, 0) is 19.1 Å². The molecule has 8 heteroatoms. The molecule has 0 radical (unpaired) electrons. The molecule has 0 aliphatic carbocycles. The minimum atomic E-state index is -0.378. The second kappa shape index (κ2) is 6.51. The zero-order valence-corrected chi connectivity index (χ0v) is 14.0. The molecule has 0 bridgehead atoms. The first kappa shape index (κ1) is 15.7. The van der Waals surface area contributed by atoms with E-state index < -0.39 is 0 Å². The van der Waals surface area contributed by atoms with Gasteiger partial charge in [-0.25, -0.2) is 0 Å². The van der Waals surface area contributed by atoms with Crippen molar-refractivity contribution in [2.24, 2.45) is 0 Å². The second-order valence-corrected chi connectivity index (χ2v) is 7.23. The van der Waals surface area contributed by atoms with Gasteiger partial charge < -0.3 is 9.73 Å². The first-order chi connectivity index (χ1) is 11.1. The third-order valence-corrected chi connectivity index (χ3v) is 5.06. The van der Waals surface area contributed by atoms with Gasteiger partial charge in [0.1, 0.15) is 11.1 Å². The fraction of sp³-hybridized carbons (Fsp3) is 0.200. The number of nitrogens with one attached hydrogen (secondary N) is 1. The number of hydrogen-bond donors (Lipinski definition) is 1. The molecule has 0 fully saturated rings. The summed E-state index contributed by atoms with van der Waals surface area (Å²) in [5.41, 5.74) is 2.60. The van der Waals surface area contributed by atoms with Crippen molar-refractivity contribution in [2.45, 2.75) is 23.4 Å². The van der Waals surface area contributed by atoms with Crippen molar-refractivity contribution in [1.82, 2.24) is 10.2 Å². The van der Waals surface area contributed by atoms with Crippen LogP contribution in [0.25, 0.3) is 11.0 Å². The van der Waals surface area contributed by atoms with Gasteiger partial charge in [-0.1, -0.05) is 35.2 Å². The Morgan fingerprint density at radius 2 is 2.13 bits per heavy atom. The zero-order valence-electron chi connectivity index (χ0n) is 12.4. The van der Waals surface area contributed by atoms with Gasteiger partial charge in [0.25, 0.3) is 0 Å². The molecule has 0 saturated heterocycles. The van der Waals surface area contributed by atoms with E-state index in [0.717, 1.165) is 4.34 Å². The van der Waals surface area contributed by atoms with E-state index in [0.29, 0.717) is 16.7 Å². The van der Waals surface area contributed by atoms with E-state index in [1.807, 2.05) is 18.2 Å². The topological polar surface area (TPSA) is 85.1 Å². The van der Waals surface area contributed by atoms with Crippen molar-refractivity contribution in [3.63, 3.8) is 0 Å². The van der Waals surface area contributed by atoms with Gasteiger partial charge in [0.05, 0.1) is 10.9 Å². The fourth-order valence-corrected chi connectivity index (χ4v) is 3.69. The van der Waals surface area contributed by atoms with Crippen LogP contribution in [0.1, 0.15) is 24.4 Å². The smallest absolute Gasteiger partial charge is 0.237 e. The Morgan fingerprint density at radius 1 is 1.35 bits per heavy atom. The summed E-state index contributed by atoms with van der Waals surface area (Å²) in [6.07, 6.45) is 0. The first-order valence-corrected chi connectivity index (χ1v) is 8.58. The number of fused-ring (bicyclic) bond motifs is 1. The van der Waals surface area contributed by atoms with Gasteiger partial charge in [-0.2, -0.15) is 0 Å². The molecule has 1 N–H and O–H groups in total. The Kier molecular flexibility index (Phi) is 4.44. The van der Waals surface area contributed by atoms with Crippen molar-refractivity contribution in [2.75, 3.05) is 5.32 Å². The summed E-state index contributed by atoms with van der Waals surface area (Å²) in [5.74, 6) is -0.298. The summed E-state index contributed by atoms with van der Waals surface area (Å²) in [7, 11) is 0. The number of benzene rings is 1. The Bertz CT molecular complexity index is 858. The van der Waals surface area contributed by atoms with E-state index in [4.69, 9.17) is 4.42 Å². The number of aromatic nitrogens is 2. The summed E-state index contributed by atoms with van der Waals surface area (Å²) in [5, 5.41) is 10.8. The number of rotatable bonds is 5. The Labute approximate surface area is 140 Å². The van der Waals surface area contributed by atoms with Crippen molar-refractivity contribution in [3.8, 4) is 0 Å². The molecule has 1 amide bonds. The number of carbonyl (C=O) groups is 2. The van der Waals surface area contributed by atoms with Gasteiger partial charge in [-0.15, -0.1) is 10.2 Å². The number of Topliss-reactive ketones (excluding diaryl/α,β-unsaturated/α-hetero) is 1. The highest BCUT2D eigenvalue weighted by molar-refractivity contribution is 8.02. The molecule has 1 aromatic carbocycles. The summed E-state index contributed by atoms with van der Waals surface area (Å²) in [6, 6.07) is 7.21. The lowest BCUT2D eigenvalue weighted by molar-refractivity contribution is -0.115. The van der Waals surface area contributed by atoms with Crippen LogP contribution >= 0.6 is 23.1 Å². The van der Waals surface area contributed by atoms with Crippen LogP contribution in [0.2, 0.25) is 0 Å². The normalized spacial score (nSPS) is 12.3. The molecule has 0 spiro atoms. The van der Waals surface area contributed by atoms with E-state index >= 15 is 0 Å². The number of nitrogens with zero attached hydrogens (tertiary/aromatic N) is 2. The van der Waals surface area contributed by atoms with E-state index in [1.54, 1.807) is 18.5 Å². The number of hydrogen-bond acceptors (Lipinski definition) is 7. The van der Waals surface area contributed by atoms with Gasteiger partial charge in [0.2, 0.25) is 5.91 Å². The molecule has 2 aromatic heterocycles. The molecule has 118 valence electrons. The number of thioether (sulfide) groups is 1. The summed E-state index contributed by atoms with van der Waals surface area (Å²) in [4.78, 5) is 24.2. The zero-order chi connectivity index (χ0) is 16.4. The van der Waals surface area contributed by atoms with Gasteiger partial charge in [0, 0.05) is 12.3 Å². The second-order valence-electron chi connectivity index (χ2n) is 4.81. The third kappa shape index (κ3) is 3.27. The van der Waals surface area contributed by atoms with Gasteiger partial charge in [0.15, 0.2) is 15.9 Å². The Hall–Kier alpha value is -2.19. The van der Waals surface area contributed by atoms with Crippen LogP contribution in [0.15, 0.2) is 38.5 Å². The van der Waals surface area contributed by atoms with E-state index in [-0.39, 0.29) is 22.7 Å². The SMILES string of the molecule is CC(=O)c1oc2ccccc2c1NC(=O)[C@H](C)Sc1nncs1. The molecule has 0 unspecified atom stereocenters. The quantitative estimate of drug-likeness (QED) is 0.560. The average Bonchev–Trinajstić information content (AvgIpc) is 3.15. The van der Waals surface area contributed by atoms with Crippen molar-refractivity contribution >= 4 is 51.4 Å². The molecule has 0 saturated carbocycles. The van der Waals surface area contributed by atoms with Crippen LogP contribution in [-0.4, -0.2) is 27.1 Å². The molecular weight excluding hydrogens is 334 g/mol. The maximum absolute atomic E-state index is 12.4. The standard InChI is InChI=1S/C15H13N3O3S2/c1-8(19)13-12(10-5-3-4-6-11(10)21-13)17-14(20)9(2)23-15-18-16-7-22-15/h3-7,9H,1-2H3,(H,17,20)/t9-/m0/s1. The molecule has 3 rings (SSSR count). The lowest BCUT2D eigenvalue weighted by Crippen LogP contribution is -2.23. The maximum atomic E-state index is 12.4. The van der Waals surface area contributed by atoms with E-state index in [9.17, 15) is 9.59 Å². The largest absolute Gasteiger partial charge is 0.451 e. The predicted octanol–water partition coefficient (Wildman–Crippen LogP) is 3.61. The Balaban J connectivity index is 1.86. The van der Waals surface area contributed by atoms with Crippen LogP contribution in [0.3, 0.4) is 0 Å². The van der Waals surface area contributed by atoms with Crippen molar-refractivity contribution < 1.29 is 14.0 Å². The molecule has 1 atom stereocenters. The van der Waals surface area contributed by atoms with Crippen molar-refractivity contribution in [3.05, 3.63) is 35.5 Å². The number of amides is 1. The molecular formula is C15H13N3O3S2. The van der Waals surface area contributed by atoms with Gasteiger partial charge >= 0.3 is 0 Å². The maximum Gasteiger partial charge on any atom is 0.237 e.